The van der Waals surface area contributed by atoms with Crippen LogP contribution < -0.4 is 0 Å². The van der Waals surface area contributed by atoms with Crippen LogP contribution in [0.3, 0.4) is 0 Å². The SMILES string of the molecule is COC(=O)c1ccc(CSCCC#N)cc1. The van der Waals surface area contributed by atoms with Gasteiger partial charge < -0.3 is 4.74 Å². The third-order valence-corrected chi connectivity index (χ3v) is 3.03. The fourth-order valence-electron chi connectivity index (χ4n) is 1.16. The number of hydrogen-bond acceptors (Lipinski definition) is 4. The summed E-state index contributed by atoms with van der Waals surface area (Å²) in [5, 5.41) is 8.37. The first-order valence-corrected chi connectivity index (χ1v) is 6.05. The van der Waals surface area contributed by atoms with E-state index in [-0.39, 0.29) is 5.97 Å². The summed E-state index contributed by atoms with van der Waals surface area (Å²) in [6.45, 7) is 0. The second-order valence-corrected chi connectivity index (χ2v) is 4.25. The number of nitrogens with zero attached hydrogens (tertiary/aromatic N) is 1. The van der Waals surface area contributed by atoms with Crippen LogP contribution in [0.4, 0.5) is 0 Å². The fourth-order valence-corrected chi connectivity index (χ4v) is 1.97. The van der Waals surface area contributed by atoms with Gasteiger partial charge >= 0.3 is 5.97 Å². The van der Waals surface area contributed by atoms with Crippen LogP contribution in [0.15, 0.2) is 24.3 Å². The van der Waals surface area contributed by atoms with Crippen LogP contribution in [0.2, 0.25) is 0 Å². The molecular formula is C12H13NO2S. The summed E-state index contributed by atoms with van der Waals surface area (Å²) >= 11 is 1.71. The second kappa shape index (κ2) is 6.91. The van der Waals surface area contributed by atoms with Crippen LogP contribution in [0.25, 0.3) is 0 Å². The Bertz CT molecular complexity index is 381. The van der Waals surface area contributed by atoms with E-state index in [4.69, 9.17) is 5.26 Å². The molecule has 0 aromatic heterocycles. The van der Waals surface area contributed by atoms with E-state index in [1.807, 2.05) is 12.1 Å². The molecule has 1 rings (SSSR count). The molecule has 1 aromatic carbocycles. The predicted molar refractivity (Wildman–Crippen MR) is 64.2 cm³/mol. The van der Waals surface area contributed by atoms with Gasteiger partial charge in [-0.3, -0.25) is 0 Å². The normalized spacial score (nSPS) is 9.50. The average molecular weight is 235 g/mol. The van der Waals surface area contributed by atoms with E-state index in [0.29, 0.717) is 12.0 Å². The summed E-state index contributed by atoms with van der Waals surface area (Å²) < 4.78 is 4.61. The van der Waals surface area contributed by atoms with Crippen molar-refractivity contribution in [3.8, 4) is 6.07 Å². The second-order valence-electron chi connectivity index (χ2n) is 3.15. The van der Waals surface area contributed by atoms with E-state index in [1.54, 1.807) is 23.9 Å². The lowest BCUT2D eigenvalue weighted by atomic mass is 10.1. The highest BCUT2D eigenvalue weighted by Crippen LogP contribution is 2.14. The van der Waals surface area contributed by atoms with Gasteiger partial charge in [0.1, 0.15) is 0 Å². The minimum Gasteiger partial charge on any atom is -0.465 e. The first-order chi connectivity index (χ1) is 7.77. The third kappa shape index (κ3) is 3.95. The molecule has 0 spiro atoms. The van der Waals surface area contributed by atoms with Crippen molar-refractivity contribution >= 4 is 17.7 Å². The molecule has 0 atom stereocenters. The summed E-state index contributed by atoms with van der Waals surface area (Å²) in [5.41, 5.74) is 1.71. The molecule has 0 saturated carbocycles. The summed E-state index contributed by atoms with van der Waals surface area (Å²) in [5.74, 6) is 1.39. The molecule has 0 aliphatic rings. The van der Waals surface area contributed by atoms with E-state index >= 15 is 0 Å². The van der Waals surface area contributed by atoms with E-state index in [0.717, 1.165) is 17.1 Å². The molecule has 0 heterocycles. The highest BCUT2D eigenvalue weighted by Gasteiger charge is 2.03. The Labute approximate surface area is 99.4 Å². The lowest BCUT2D eigenvalue weighted by Crippen LogP contribution is -2.00. The van der Waals surface area contributed by atoms with Crippen molar-refractivity contribution in [1.82, 2.24) is 0 Å². The average Bonchev–Trinajstić information content (AvgIpc) is 2.34. The lowest BCUT2D eigenvalue weighted by molar-refractivity contribution is 0.0601. The van der Waals surface area contributed by atoms with Gasteiger partial charge in [0.2, 0.25) is 0 Å². The monoisotopic (exact) mass is 235 g/mol. The number of benzene rings is 1. The Balaban J connectivity index is 2.46. The van der Waals surface area contributed by atoms with Gasteiger partial charge in [0.25, 0.3) is 0 Å². The van der Waals surface area contributed by atoms with Crippen molar-refractivity contribution in [3.05, 3.63) is 35.4 Å². The summed E-state index contributed by atoms with van der Waals surface area (Å²) in [6, 6.07) is 9.43. The molecule has 16 heavy (non-hydrogen) atoms. The zero-order chi connectivity index (χ0) is 11.8. The highest BCUT2D eigenvalue weighted by molar-refractivity contribution is 7.98. The summed E-state index contributed by atoms with van der Waals surface area (Å²) in [4.78, 5) is 11.2. The first kappa shape index (κ1) is 12.6. The smallest absolute Gasteiger partial charge is 0.337 e. The fraction of sp³-hybridized carbons (Fsp3) is 0.333. The maximum atomic E-state index is 11.2. The quantitative estimate of drug-likeness (QED) is 0.581. The van der Waals surface area contributed by atoms with Crippen LogP contribution >= 0.6 is 11.8 Å². The zero-order valence-corrected chi connectivity index (χ0v) is 9.92. The molecule has 0 saturated heterocycles. The summed E-state index contributed by atoms with van der Waals surface area (Å²) in [6.07, 6.45) is 0.574. The molecule has 0 amide bonds. The number of nitriles is 1. The van der Waals surface area contributed by atoms with E-state index in [1.165, 1.54) is 7.11 Å². The zero-order valence-electron chi connectivity index (χ0n) is 9.10. The number of hydrogen-bond donors (Lipinski definition) is 0. The molecular weight excluding hydrogens is 222 g/mol. The molecule has 0 bridgehead atoms. The highest BCUT2D eigenvalue weighted by atomic mass is 32.2. The largest absolute Gasteiger partial charge is 0.465 e. The van der Waals surface area contributed by atoms with Crippen LogP contribution in [0, 0.1) is 11.3 Å². The molecule has 84 valence electrons. The Morgan fingerprint density at radius 3 is 2.69 bits per heavy atom. The van der Waals surface area contributed by atoms with Crippen molar-refractivity contribution in [3.63, 3.8) is 0 Å². The molecule has 0 unspecified atom stereocenters. The van der Waals surface area contributed by atoms with Crippen LogP contribution in [0.1, 0.15) is 22.3 Å². The van der Waals surface area contributed by atoms with Gasteiger partial charge in [-0.2, -0.15) is 17.0 Å². The van der Waals surface area contributed by atoms with Gasteiger partial charge in [-0.25, -0.2) is 4.79 Å². The molecule has 0 fully saturated rings. The van der Waals surface area contributed by atoms with Crippen molar-refractivity contribution in [2.45, 2.75) is 12.2 Å². The Morgan fingerprint density at radius 1 is 1.44 bits per heavy atom. The molecule has 0 N–H and O–H groups in total. The molecule has 3 nitrogen and oxygen atoms in total. The number of ether oxygens (including phenoxy) is 1. The molecule has 0 aliphatic carbocycles. The van der Waals surface area contributed by atoms with Gasteiger partial charge in [0, 0.05) is 17.9 Å². The van der Waals surface area contributed by atoms with Crippen LogP contribution in [-0.2, 0) is 10.5 Å². The lowest BCUT2D eigenvalue weighted by Gasteiger charge is -2.02. The minimum absolute atomic E-state index is 0.316. The van der Waals surface area contributed by atoms with Gasteiger partial charge in [-0.15, -0.1) is 0 Å². The maximum Gasteiger partial charge on any atom is 0.337 e. The van der Waals surface area contributed by atoms with Crippen LogP contribution in [0.5, 0.6) is 0 Å². The first-order valence-electron chi connectivity index (χ1n) is 4.90. The Hall–Kier alpha value is -1.47. The van der Waals surface area contributed by atoms with Gasteiger partial charge in [-0.1, -0.05) is 12.1 Å². The number of thioether (sulfide) groups is 1. The number of esters is 1. The van der Waals surface area contributed by atoms with Crippen molar-refractivity contribution in [2.75, 3.05) is 12.9 Å². The Kier molecular flexibility index (Phi) is 5.44. The number of rotatable bonds is 5. The summed E-state index contributed by atoms with van der Waals surface area (Å²) in [7, 11) is 1.37. The molecule has 0 radical (unpaired) electrons. The van der Waals surface area contributed by atoms with Crippen molar-refractivity contribution in [1.29, 1.82) is 5.26 Å². The number of carbonyl (C=O) groups excluding carboxylic acids is 1. The predicted octanol–water partition coefficient (Wildman–Crippen LogP) is 2.62. The molecule has 4 heteroatoms. The van der Waals surface area contributed by atoms with Crippen LogP contribution in [-0.4, -0.2) is 18.8 Å². The molecule has 0 aliphatic heterocycles. The molecule has 1 aromatic rings. The Morgan fingerprint density at radius 2 is 2.12 bits per heavy atom. The minimum atomic E-state index is -0.316. The van der Waals surface area contributed by atoms with Gasteiger partial charge in [0.05, 0.1) is 18.7 Å². The topological polar surface area (TPSA) is 50.1 Å². The van der Waals surface area contributed by atoms with E-state index in [9.17, 15) is 4.79 Å². The number of methoxy groups -OCH3 is 1. The third-order valence-electron chi connectivity index (χ3n) is 2.00. The standard InChI is InChI=1S/C12H13NO2S/c1-15-12(14)11-5-3-10(4-6-11)9-16-8-2-7-13/h3-6H,2,8-9H2,1H3. The van der Waals surface area contributed by atoms with Gasteiger partial charge in [-0.05, 0) is 17.7 Å². The van der Waals surface area contributed by atoms with Gasteiger partial charge in [0.15, 0.2) is 0 Å². The van der Waals surface area contributed by atoms with E-state index in [2.05, 4.69) is 10.8 Å². The number of carbonyl (C=O) groups is 1. The van der Waals surface area contributed by atoms with Crippen molar-refractivity contribution in [2.24, 2.45) is 0 Å². The maximum absolute atomic E-state index is 11.2. The van der Waals surface area contributed by atoms with Crippen molar-refractivity contribution < 1.29 is 9.53 Å². The van der Waals surface area contributed by atoms with E-state index < -0.39 is 0 Å².